The summed E-state index contributed by atoms with van der Waals surface area (Å²) in [4.78, 5) is 23.6. The number of carbonyl (C=O) groups excluding carboxylic acids is 1. The van der Waals surface area contributed by atoms with Crippen molar-refractivity contribution in [3.8, 4) is 17.1 Å². The molecule has 37 heavy (non-hydrogen) atoms. The van der Waals surface area contributed by atoms with Gasteiger partial charge in [0, 0.05) is 30.6 Å². The van der Waals surface area contributed by atoms with Crippen LogP contribution in [-0.2, 0) is 13.1 Å². The van der Waals surface area contributed by atoms with E-state index in [1.165, 1.54) is 6.26 Å². The van der Waals surface area contributed by atoms with Gasteiger partial charge < -0.3 is 14.5 Å². The molecule has 0 bridgehead atoms. The molecule has 0 aliphatic heterocycles. The number of anilines is 1. The second-order valence-electron chi connectivity index (χ2n) is 9.10. The fourth-order valence-corrected chi connectivity index (χ4v) is 4.16. The minimum atomic E-state index is -0.475. The number of ether oxygens (including phenoxy) is 1. The minimum absolute atomic E-state index is 0.168. The number of carbonyl (C=O) groups is 1. The van der Waals surface area contributed by atoms with Crippen molar-refractivity contribution < 1.29 is 13.9 Å². The van der Waals surface area contributed by atoms with Gasteiger partial charge in [-0.15, -0.1) is 0 Å². The van der Waals surface area contributed by atoms with Crippen LogP contribution in [0.15, 0.2) is 102 Å². The van der Waals surface area contributed by atoms with E-state index in [2.05, 4.69) is 53.4 Å². The van der Waals surface area contributed by atoms with E-state index in [1.807, 2.05) is 48.5 Å². The summed E-state index contributed by atoms with van der Waals surface area (Å²) in [6.07, 6.45) is 2.58. The maximum Gasteiger partial charge on any atom is 0.418 e. The summed E-state index contributed by atoms with van der Waals surface area (Å²) in [6, 6.07) is 27.7. The largest absolute Gasteiger partial charge is 0.434 e. The van der Waals surface area contributed by atoms with Gasteiger partial charge in [-0.3, -0.25) is 4.90 Å². The highest BCUT2D eigenvalue weighted by atomic mass is 16.6. The number of fused-ring (bicyclic) bond motifs is 1. The van der Waals surface area contributed by atoms with Gasteiger partial charge in [-0.25, -0.2) is 14.8 Å². The first-order chi connectivity index (χ1) is 18.0. The van der Waals surface area contributed by atoms with Crippen LogP contribution < -0.4 is 10.1 Å². The monoisotopic (exact) mass is 492 g/mol. The SMILES string of the molecule is CC(C)Nc1ncnc2ccc(-c3cccc(CN(Cc4ccccc4)C(=O)Oc4ccco4)c3)cc12. The Morgan fingerprint density at radius 2 is 1.68 bits per heavy atom. The second-order valence-corrected chi connectivity index (χ2v) is 9.10. The molecule has 0 aliphatic carbocycles. The first kappa shape index (κ1) is 24.1. The molecule has 3 aromatic carbocycles. The van der Waals surface area contributed by atoms with Crippen molar-refractivity contribution in [2.45, 2.75) is 33.0 Å². The van der Waals surface area contributed by atoms with Crippen LogP contribution in [0.2, 0.25) is 0 Å². The van der Waals surface area contributed by atoms with Gasteiger partial charge in [-0.2, -0.15) is 0 Å². The first-order valence-corrected chi connectivity index (χ1v) is 12.2. The average molecular weight is 493 g/mol. The molecule has 186 valence electrons. The van der Waals surface area contributed by atoms with E-state index >= 15 is 0 Å². The summed E-state index contributed by atoms with van der Waals surface area (Å²) >= 11 is 0. The normalized spacial score (nSPS) is 11.0. The lowest BCUT2D eigenvalue weighted by Crippen LogP contribution is -2.32. The van der Waals surface area contributed by atoms with Gasteiger partial charge in [0.2, 0.25) is 0 Å². The van der Waals surface area contributed by atoms with Crippen LogP contribution in [0.4, 0.5) is 10.6 Å². The van der Waals surface area contributed by atoms with Gasteiger partial charge in [-0.1, -0.05) is 54.6 Å². The minimum Gasteiger partial charge on any atom is -0.434 e. The summed E-state index contributed by atoms with van der Waals surface area (Å²) < 4.78 is 10.7. The van der Waals surface area contributed by atoms with Crippen molar-refractivity contribution in [3.05, 3.63) is 109 Å². The summed E-state index contributed by atoms with van der Waals surface area (Å²) in [5, 5.41) is 4.37. The van der Waals surface area contributed by atoms with Crippen LogP contribution in [0.1, 0.15) is 25.0 Å². The molecule has 0 atom stereocenters. The lowest BCUT2D eigenvalue weighted by atomic mass is 10.0. The van der Waals surface area contributed by atoms with E-state index in [4.69, 9.17) is 9.15 Å². The smallest absolute Gasteiger partial charge is 0.418 e. The third-order valence-electron chi connectivity index (χ3n) is 5.85. The van der Waals surface area contributed by atoms with Gasteiger partial charge in [-0.05, 0) is 60.4 Å². The number of rotatable bonds is 8. The highest BCUT2D eigenvalue weighted by Gasteiger charge is 2.19. The maximum absolute atomic E-state index is 13.1. The van der Waals surface area contributed by atoms with Crippen molar-refractivity contribution in [1.29, 1.82) is 0 Å². The molecule has 0 saturated heterocycles. The first-order valence-electron chi connectivity index (χ1n) is 12.2. The fourth-order valence-electron chi connectivity index (χ4n) is 4.16. The van der Waals surface area contributed by atoms with Crippen molar-refractivity contribution in [2.75, 3.05) is 5.32 Å². The molecular weight excluding hydrogens is 464 g/mol. The standard InChI is InChI=1S/C30H28N4O3/c1-21(2)33-29-26-17-25(13-14-27(26)31-20-32-29)24-11-6-10-23(16-24)19-34(18-22-8-4-3-5-9-22)30(35)37-28-12-7-15-36-28/h3-17,20-21H,18-19H2,1-2H3,(H,31,32,33). The third-order valence-corrected chi connectivity index (χ3v) is 5.85. The predicted molar refractivity (Wildman–Crippen MR) is 144 cm³/mol. The van der Waals surface area contributed by atoms with E-state index in [0.29, 0.717) is 13.1 Å². The predicted octanol–water partition coefficient (Wildman–Crippen LogP) is 6.91. The van der Waals surface area contributed by atoms with Crippen LogP contribution in [0.25, 0.3) is 22.0 Å². The molecule has 2 heterocycles. The van der Waals surface area contributed by atoms with Gasteiger partial charge >= 0.3 is 6.09 Å². The summed E-state index contributed by atoms with van der Waals surface area (Å²) in [6.45, 7) is 4.94. The van der Waals surface area contributed by atoms with Crippen LogP contribution in [0, 0.1) is 0 Å². The van der Waals surface area contributed by atoms with Crippen molar-refractivity contribution in [1.82, 2.24) is 14.9 Å². The van der Waals surface area contributed by atoms with E-state index in [-0.39, 0.29) is 12.0 Å². The van der Waals surface area contributed by atoms with Crippen LogP contribution in [0.3, 0.4) is 0 Å². The lowest BCUT2D eigenvalue weighted by Gasteiger charge is -2.22. The highest BCUT2D eigenvalue weighted by Crippen LogP contribution is 2.28. The Kier molecular flexibility index (Phi) is 7.12. The molecule has 7 heteroatoms. The van der Waals surface area contributed by atoms with Gasteiger partial charge in [0.25, 0.3) is 5.95 Å². The van der Waals surface area contributed by atoms with Crippen molar-refractivity contribution >= 4 is 22.8 Å². The number of amides is 1. The molecule has 0 radical (unpaired) electrons. The molecule has 0 saturated carbocycles. The third kappa shape index (κ3) is 5.95. The Hall–Kier alpha value is -4.65. The average Bonchev–Trinajstić information content (AvgIpc) is 3.42. The van der Waals surface area contributed by atoms with Crippen molar-refractivity contribution in [3.63, 3.8) is 0 Å². The molecule has 1 amide bonds. The summed E-state index contributed by atoms with van der Waals surface area (Å²) in [5.74, 6) is 0.980. The number of nitrogens with one attached hydrogen (secondary N) is 1. The van der Waals surface area contributed by atoms with Crippen LogP contribution in [-0.4, -0.2) is 27.0 Å². The van der Waals surface area contributed by atoms with Crippen LogP contribution in [0.5, 0.6) is 5.95 Å². The Balaban J connectivity index is 1.43. The molecular formula is C30H28N4O3. The van der Waals surface area contributed by atoms with E-state index in [9.17, 15) is 4.79 Å². The molecule has 7 nitrogen and oxygen atoms in total. The Morgan fingerprint density at radius 3 is 2.46 bits per heavy atom. The van der Waals surface area contributed by atoms with E-state index in [0.717, 1.165) is 39.0 Å². The van der Waals surface area contributed by atoms with Gasteiger partial charge in [0.15, 0.2) is 0 Å². The maximum atomic E-state index is 13.1. The molecule has 0 aliphatic rings. The summed E-state index contributed by atoms with van der Waals surface area (Å²) in [7, 11) is 0. The number of furan rings is 1. The molecule has 2 aromatic heterocycles. The van der Waals surface area contributed by atoms with Crippen molar-refractivity contribution in [2.24, 2.45) is 0 Å². The zero-order chi connectivity index (χ0) is 25.6. The topological polar surface area (TPSA) is 80.5 Å². The zero-order valence-corrected chi connectivity index (χ0v) is 20.8. The zero-order valence-electron chi connectivity index (χ0n) is 20.8. The lowest BCUT2D eigenvalue weighted by molar-refractivity contribution is 0.135. The number of nitrogens with zero attached hydrogens (tertiary/aromatic N) is 3. The number of aromatic nitrogens is 2. The van der Waals surface area contributed by atoms with Gasteiger partial charge in [0.05, 0.1) is 11.8 Å². The molecule has 0 spiro atoms. The summed E-state index contributed by atoms with van der Waals surface area (Å²) in [5.41, 5.74) is 4.96. The van der Waals surface area contributed by atoms with E-state index in [1.54, 1.807) is 23.4 Å². The Morgan fingerprint density at radius 1 is 0.892 bits per heavy atom. The van der Waals surface area contributed by atoms with E-state index < -0.39 is 6.09 Å². The second kappa shape index (κ2) is 11.0. The number of benzene rings is 3. The molecule has 5 rings (SSSR count). The highest BCUT2D eigenvalue weighted by molar-refractivity contribution is 5.92. The number of hydrogen-bond acceptors (Lipinski definition) is 6. The molecule has 1 N–H and O–H groups in total. The van der Waals surface area contributed by atoms with Gasteiger partial charge in [0.1, 0.15) is 12.1 Å². The Labute approximate surface area is 215 Å². The van der Waals surface area contributed by atoms with Crippen LogP contribution >= 0.6 is 0 Å². The molecule has 5 aromatic rings. The number of hydrogen-bond donors (Lipinski definition) is 1. The molecule has 0 fully saturated rings. The molecule has 0 unspecified atom stereocenters. The Bertz CT molecular complexity index is 1480. The quantitative estimate of drug-likeness (QED) is 0.253. The fraction of sp³-hybridized carbons (Fsp3) is 0.167.